The van der Waals surface area contributed by atoms with E-state index in [0.717, 1.165) is 12.0 Å². The van der Waals surface area contributed by atoms with Gasteiger partial charge in [-0.25, -0.2) is 0 Å². The predicted molar refractivity (Wildman–Crippen MR) is 76.8 cm³/mol. The molecule has 0 saturated heterocycles. The Labute approximate surface area is 116 Å². The summed E-state index contributed by atoms with van der Waals surface area (Å²) in [7, 11) is 0. The fraction of sp³-hybridized carbons (Fsp3) is 0.133. The predicted octanol–water partition coefficient (Wildman–Crippen LogP) is 2.94. The lowest BCUT2D eigenvalue weighted by Gasteiger charge is -1.97. The van der Waals surface area contributed by atoms with Gasteiger partial charge in [0.2, 0.25) is 5.82 Å². The summed E-state index contributed by atoms with van der Waals surface area (Å²) in [4.78, 5) is 8.39. The van der Waals surface area contributed by atoms with E-state index in [9.17, 15) is 0 Å². The monoisotopic (exact) mass is 266 g/mol. The highest BCUT2D eigenvalue weighted by Crippen LogP contribution is 2.23. The van der Waals surface area contributed by atoms with Crippen molar-refractivity contribution in [2.75, 3.05) is 5.73 Å². The summed E-state index contributed by atoms with van der Waals surface area (Å²) in [6.07, 6.45) is 4.23. The van der Waals surface area contributed by atoms with Gasteiger partial charge in [-0.1, -0.05) is 36.3 Å². The Bertz CT molecular complexity index is 719. The summed E-state index contributed by atoms with van der Waals surface area (Å²) in [6, 6.07) is 9.86. The second-order valence-corrected chi connectivity index (χ2v) is 4.48. The first kappa shape index (κ1) is 12.3. The average molecular weight is 266 g/mol. The minimum atomic E-state index is 0.416. The number of hydrogen-bond donors (Lipinski definition) is 1. The van der Waals surface area contributed by atoms with Gasteiger partial charge >= 0.3 is 0 Å². The highest BCUT2D eigenvalue weighted by Gasteiger charge is 2.11. The van der Waals surface area contributed by atoms with Gasteiger partial charge in [0.1, 0.15) is 0 Å². The molecule has 0 amide bonds. The number of nitrogens with two attached hydrogens (primary N) is 1. The van der Waals surface area contributed by atoms with Crippen molar-refractivity contribution in [1.82, 2.24) is 15.1 Å². The molecule has 0 atom stereocenters. The van der Waals surface area contributed by atoms with E-state index in [2.05, 4.69) is 34.2 Å². The molecule has 20 heavy (non-hydrogen) atoms. The van der Waals surface area contributed by atoms with Gasteiger partial charge in [0.05, 0.1) is 11.3 Å². The molecule has 0 aliphatic heterocycles. The molecule has 0 radical (unpaired) electrons. The zero-order valence-corrected chi connectivity index (χ0v) is 11.1. The zero-order chi connectivity index (χ0) is 13.9. The van der Waals surface area contributed by atoms with Gasteiger partial charge in [0.15, 0.2) is 0 Å². The molecule has 2 N–H and O–H groups in total. The molecular weight excluding hydrogens is 252 g/mol. The van der Waals surface area contributed by atoms with E-state index in [1.54, 1.807) is 18.5 Å². The maximum atomic E-state index is 5.69. The third kappa shape index (κ3) is 2.38. The number of hydrogen-bond acceptors (Lipinski definition) is 5. The van der Waals surface area contributed by atoms with Crippen molar-refractivity contribution in [3.8, 4) is 22.8 Å². The fourth-order valence-electron chi connectivity index (χ4n) is 1.92. The number of rotatable bonds is 3. The van der Waals surface area contributed by atoms with Gasteiger partial charge in [-0.3, -0.25) is 4.98 Å². The van der Waals surface area contributed by atoms with E-state index in [1.807, 2.05) is 12.1 Å². The van der Waals surface area contributed by atoms with Crippen molar-refractivity contribution in [1.29, 1.82) is 0 Å². The van der Waals surface area contributed by atoms with Crippen molar-refractivity contribution in [2.24, 2.45) is 0 Å². The molecule has 5 nitrogen and oxygen atoms in total. The topological polar surface area (TPSA) is 77.8 Å². The maximum absolute atomic E-state index is 5.69. The second kappa shape index (κ2) is 5.13. The third-order valence-electron chi connectivity index (χ3n) is 3.05. The van der Waals surface area contributed by atoms with Crippen LogP contribution in [0.1, 0.15) is 12.5 Å². The molecule has 2 aromatic heterocycles. The molecule has 2 heterocycles. The van der Waals surface area contributed by atoms with Crippen LogP contribution in [0.3, 0.4) is 0 Å². The first-order valence-electron chi connectivity index (χ1n) is 6.40. The first-order valence-corrected chi connectivity index (χ1v) is 6.40. The number of benzene rings is 1. The zero-order valence-electron chi connectivity index (χ0n) is 11.1. The fourth-order valence-corrected chi connectivity index (χ4v) is 1.92. The van der Waals surface area contributed by atoms with Gasteiger partial charge in [0.25, 0.3) is 5.89 Å². The SMILES string of the molecule is CCc1ccc(-c2noc(-c3cncc(N)c3)n2)cc1. The standard InChI is InChI=1S/C15H14N4O/c1-2-10-3-5-11(6-4-10)14-18-15(20-19-14)12-7-13(16)9-17-8-12/h3-9H,2,16H2,1H3. The lowest BCUT2D eigenvalue weighted by molar-refractivity contribution is 0.432. The Hall–Kier alpha value is -2.69. The first-order chi connectivity index (χ1) is 9.76. The number of aryl methyl sites for hydroxylation is 1. The molecule has 3 rings (SSSR count). The van der Waals surface area contributed by atoms with E-state index in [1.165, 1.54) is 5.56 Å². The molecule has 100 valence electrons. The van der Waals surface area contributed by atoms with Crippen LogP contribution in [0, 0.1) is 0 Å². The minimum absolute atomic E-state index is 0.416. The molecule has 1 aromatic carbocycles. The van der Waals surface area contributed by atoms with Crippen molar-refractivity contribution in [3.05, 3.63) is 48.3 Å². The molecule has 0 aliphatic carbocycles. The van der Waals surface area contributed by atoms with Crippen LogP contribution in [0.4, 0.5) is 5.69 Å². The molecule has 0 spiro atoms. The molecule has 0 bridgehead atoms. The van der Waals surface area contributed by atoms with Crippen LogP contribution in [0.25, 0.3) is 22.8 Å². The molecule has 0 saturated carbocycles. The second-order valence-electron chi connectivity index (χ2n) is 4.48. The van der Waals surface area contributed by atoms with E-state index >= 15 is 0 Å². The smallest absolute Gasteiger partial charge is 0.259 e. The van der Waals surface area contributed by atoms with Gasteiger partial charge in [-0.05, 0) is 18.1 Å². The van der Waals surface area contributed by atoms with Gasteiger partial charge in [-0.15, -0.1) is 0 Å². The van der Waals surface area contributed by atoms with Crippen molar-refractivity contribution in [2.45, 2.75) is 13.3 Å². The Morgan fingerprint density at radius 1 is 1.10 bits per heavy atom. The van der Waals surface area contributed by atoms with Crippen molar-refractivity contribution < 1.29 is 4.52 Å². The normalized spacial score (nSPS) is 10.7. The van der Waals surface area contributed by atoms with Crippen LogP contribution >= 0.6 is 0 Å². The maximum Gasteiger partial charge on any atom is 0.259 e. The summed E-state index contributed by atoms with van der Waals surface area (Å²) >= 11 is 0. The van der Waals surface area contributed by atoms with E-state index in [0.29, 0.717) is 23.0 Å². The average Bonchev–Trinajstić information content (AvgIpc) is 2.97. The molecule has 0 unspecified atom stereocenters. The van der Waals surface area contributed by atoms with E-state index in [4.69, 9.17) is 10.3 Å². The summed E-state index contributed by atoms with van der Waals surface area (Å²) in [5.41, 5.74) is 9.17. The van der Waals surface area contributed by atoms with Crippen LogP contribution in [0.5, 0.6) is 0 Å². The number of nitrogen functional groups attached to an aromatic ring is 1. The quantitative estimate of drug-likeness (QED) is 0.788. The van der Waals surface area contributed by atoms with E-state index < -0.39 is 0 Å². The van der Waals surface area contributed by atoms with Crippen molar-refractivity contribution in [3.63, 3.8) is 0 Å². The number of anilines is 1. The van der Waals surface area contributed by atoms with Crippen molar-refractivity contribution >= 4 is 5.69 Å². The van der Waals surface area contributed by atoms with Gasteiger partial charge < -0.3 is 10.3 Å². The molecule has 0 aliphatic rings. The highest BCUT2D eigenvalue weighted by molar-refractivity contribution is 5.61. The highest BCUT2D eigenvalue weighted by atomic mass is 16.5. The molecule has 5 heteroatoms. The Morgan fingerprint density at radius 3 is 2.60 bits per heavy atom. The molecular formula is C15H14N4O. The Kier molecular flexibility index (Phi) is 3.16. The molecule has 0 fully saturated rings. The summed E-state index contributed by atoms with van der Waals surface area (Å²) in [6.45, 7) is 2.12. The minimum Gasteiger partial charge on any atom is -0.397 e. The van der Waals surface area contributed by atoms with Crippen LogP contribution < -0.4 is 5.73 Å². The largest absolute Gasteiger partial charge is 0.397 e. The van der Waals surface area contributed by atoms with Crippen LogP contribution in [-0.4, -0.2) is 15.1 Å². The summed E-state index contributed by atoms with van der Waals surface area (Å²) < 4.78 is 5.26. The van der Waals surface area contributed by atoms with Crippen LogP contribution in [0.2, 0.25) is 0 Å². The van der Waals surface area contributed by atoms with Gasteiger partial charge in [0, 0.05) is 18.0 Å². The lowest BCUT2D eigenvalue weighted by atomic mass is 10.1. The van der Waals surface area contributed by atoms with E-state index in [-0.39, 0.29) is 0 Å². The Balaban J connectivity index is 1.93. The third-order valence-corrected chi connectivity index (χ3v) is 3.05. The summed E-state index contributed by atoms with van der Waals surface area (Å²) in [5.74, 6) is 0.976. The number of pyridine rings is 1. The number of aromatic nitrogens is 3. The number of nitrogens with zero attached hydrogens (tertiary/aromatic N) is 3. The Morgan fingerprint density at radius 2 is 1.90 bits per heavy atom. The summed E-state index contributed by atoms with van der Waals surface area (Å²) in [5, 5.41) is 3.99. The van der Waals surface area contributed by atoms with Gasteiger partial charge in [-0.2, -0.15) is 4.98 Å². The lowest BCUT2D eigenvalue weighted by Crippen LogP contribution is -1.88. The van der Waals surface area contributed by atoms with Crippen LogP contribution in [0.15, 0.2) is 47.2 Å². The molecule has 3 aromatic rings. The van der Waals surface area contributed by atoms with Crippen LogP contribution in [-0.2, 0) is 6.42 Å².